The minimum atomic E-state index is -4.33. The van der Waals surface area contributed by atoms with Crippen molar-refractivity contribution < 1.29 is 17.9 Å². The maximum Gasteiger partial charge on any atom is 0.416 e. The van der Waals surface area contributed by atoms with E-state index in [-0.39, 0.29) is 0 Å². The number of aryl methyl sites for hydroxylation is 1. The Kier molecular flexibility index (Phi) is 6.25. The molecule has 0 bridgehead atoms. The van der Waals surface area contributed by atoms with E-state index < -0.39 is 11.7 Å². The van der Waals surface area contributed by atoms with Crippen molar-refractivity contribution in [3.8, 4) is 5.75 Å². The van der Waals surface area contributed by atoms with E-state index in [1.807, 2.05) is 25.1 Å². The second-order valence-corrected chi connectivity index (χ2v) is 5.94. The zero-order chi connectivity index (χ0) is 18.4. The number of thiocarbonyl (C=S) groups is 1. The Morgan fingerprint density at radius 3 is 2.60 bits per heavy atom. The van der Waals surface area contributed by atoms with Crippen LogP contribution in [0.1, 0.15) is 16.7 Å². The Morgan fingerprint density at radius 2 is 1.92 bits per heavy atom. The lowest BCUT2D eigenvalue weighted by atomic mass is 10.1. The molecule has 0 fully saturated rings. The van der Waals surface area contributed by atoms with Gasteiger partial charge in [-0.25, -0.2) is 0 Å². The summed E-state index contributed by atoms with van der Waals surface area (Å²) in [7, 11) is 1.57. The third-order valence-electron chi connectivity index (χ3n) is 3.56. The van der Waals surface area contributed by atoms with Crippen LogP contribution >= 0.6 is 12.2 Å². The Hall–Kier alpha value is -2.28. The molecule has 0 aliphatic rings. The van der Waals surface area contributed by atoms with Crippen LogP contribution in [-0.2, 0) is 12.6 Å². The summed E-state index contributed by atoms with van der Waals surface area (Å²) in [5, 5.41) is 6.42. The first-order valence-electron chi connectivity index (χ1n) is 7.65. The lowest BCUT2D eigenvalue weighted by molar-refractivity contribution is -0.137. The van der Waals surface area contributed by atoms with E-state index in [1.165, 1.54) is 6.07 Å². The third kappa shape index (κ3) is 5.63. The van der Waals surface area contributed by atoms with E-state index >= 15 is 0 Å². The van der Waals surface area contributed by atoms with Crippen molar-refractivity contribution >= 4 is 23.0 Å². The SMILES string of the molecule is COc1ccc(C)cc1NC(=S)NCCc1cccc(C(F)(F)F)c1. The molecule has 2 N–H and O–H groups in total. The predicted octanol–water partition coefficient (Wildman–Crippen LogP) is 4.55. The number of hydrogen-bond donors (Lipinski definition) is 2. The van der Waals surface area contributed by atoms with Crippen LogP contribution in [0.3, 0.4) is 0 Å². The Bertz CT molecular complexity index is 747. The number of halogens is 3. The molecule has 0 aliphatic carbocycles. The molecule has 0 aromatic heterocycles. The molecule has 0 atom stereocenters. The fourth-order valence-corrected chi connectivity index (χ4v) is 2.52. The smallest absolute Gasteiger partial charge is 0.416 e. The molecular weight excluding hydrogens is 349 g/mol. The standard InChI is InChI=1S/C18H19F3N2OS/c1-12-6-7-16(24-2)15(10-12)23-17(25)22-9-8-13-4-3-5-14(11-13)18(19,20)21/h3-7,10-11H,8-9H2,1-2H3,(H2,22,23,25). The van der Waals surface area contributed by atoms with Crippen molar-refractivity contribution in [1.82, 2.24) is 5.32 Å². The van der Waals surface area contributed by atoms with Crippen LogP contribution in [0.15, 0.2) is 42.5 Å². The Balaban J connectivity index is 1.90. The quantitative estimate of drug-likeness (QED) is 0.759. The summed E-state index contributed by atoms with van der Waals surface area (Å²) in [6.45, 7) is 2.37. The number of methoxy groups -OCH3 is 1. The Morgan fingerprint density at radius 1 is 1.16 bits per heavy atom. The average molecular weight is 368 g/mol. The summed E-state index contributed by atoms with van der Waals surface area (Å²) >= 11 is 5.23. The monoisotopic (exact) mass is 368 g/mol. The van der Waals surface area contributed by atoms with Gasteiger partial charge in [-0.3, -0.25) is 0 Å². The van der Waals surface area contributed by atoms with Gasteiger partial charge in [-0.1, -0.05) is 24.3 Å². The highest BCUT2D eigenvalue weighted by atomic mass is 32.1. The molecule has 0 aliphatic heterocycles. The van der Waals surface area contributed by atoms with Gasteiger partial charge in [-0.2, -0.15) is 13.2 Å². The van der Waals surface area contributed by atoms with Crippen molar-refractivity contribution in [1.29, 1.82) is 0 Å². The van der Waals surface area contributed by atoms with Crippen LogP contribution in [0, 0.1) is 6.92 Å². The summed E-state index contributed by atoms with van der Waals surface area (Å²) < 4.78 is 43.4. The lowest BCUT2D eigenvalue weighted by Gasteiger charge is -2.14. The molecule has 0 amide bonds. The van der Waals surface area contributed by atoms with Crippen molar-refractivity contribution in [2.75, 3.05) is 19.0 Å². The van der Waals surface area contributed by atoms with Crippen molar-refractivity contribution in [2.24, 2.45) is 0 Å². The van der Waals surface area contributed by atoms with Crippen LogP contribution in [-0.4, -0.2) is 18.8 Å². The molecule has 2 rings (SSSR count). The Labute approximate surface area is 150 Å². The van der Waals surface area contributed by atoms with Gasteiger partial charge in [-0.15, -0.1) is 0 Å². The number of rotatable bonds is 5. The van der Waals surface area contributed by atoms with E-state index in [0.29, 0.717) is 29.4 Å². The normalized spacial score (nSPS) is 11.1. The number of hydrogen-bond acceptors (Lipinski definition) is 2. The maximum absolute atomic E-state index is 12.7. The maximum atomic E-state index is 12.7. The minimum Gasteiger partial charge on any atom is -0.495 e. The number of benzene rings is 2. The van der Waals surface area contributed by atoms with Crippen LogP contribution in [0.2, 0.25) is 0 Å². The highest BCUT2D eigenvalue weighted by molar-refractivity contribution is 7.80. The summed E-state index contributed by atoms with van der Waals surface area (Å²) in [6, 6.07) is 11.0. The topological polar surface area (TPSA) is 33.3 Å². The van der Waals surface area contributed by atoms with E-state index in [4.69, 9.17) is 17.0 Å². The van der Waals surface area contributed by atoms with Gasteiger partial charge in [0, 0.05) is 6.54 Å². The molecule has 0 spiro atoms. The van der Waals surface area contributed by atoms with Gasteiger partial charge >= 0.3 is 6.18 Å². The zero-order valence-electron chi connectivity index (χ0n) is 13.9. The first kappa shape index (κ1) is 19.1. The minimum absolute atomic E-state index is 0.385. The van der Waals surface area contributed by atoms with Gasteiger partial charge in [-0.05, 0) is 54.9 Å². The van der Waals surface area contributed by atoms with Crippen molar-refractivity contribution in [2.45, 2.75) is 19.5 Å². The summed E-state index contributed by atoms with van der Waals surface area (Å²) in [6.07, 6.45) is -3.90. The lowest BCUT2D eigenvalue weighted by Crippen LogP contribution is -2.30. The molecule has 25 heavy (non-hydrogen) atoms. The molecule has 0 saturated heterocycles. The molecule has 0 saturated carbocycles. The van der Waals surface area contributed by atoms with Crippen LogP contribution in [0.5, 0.6) is 5.75 Å². The molecular formula is C18H19F3N2OS. The first-order chi connectivity index (χ1) is 11.8. The fraction of sp³-hybridized carbons (Fsp3) is 0.278. The average Bonchev–Trinajstić information content (AvgIpc) is 2.54. The molecule has 0 heterocycles. The van der Waals surface area contributed by atoms with Gasteiger partial charge in [0.25, 0.3) is 0 Å². The fourth-order valence-electron chi connectivity index (χ4n) is 2.31. The summed E-state index contributed by atoms with van der Waals surface area (Å²) in [5.74, 6) is 0.660. The second kappa shape index (κ2) is 8.20. The number of ether oxygens (including phenoxy) is 1. The number of anilines is 1. The second-order valence-electron chi connectivity index (χ2n) is 5.53. The molecule has 0 unspecified atom stereocenters. The first-order valence-corrected chi connectivity index (χ1v) is 8.06. The molecule has 2 aromatic rings. The van der Waals surface area contributed by atoms with Gasteiger partial charge in [0.15, 0.2) is 5.11 Å². The third-order valence-corrected chi connectivity index (χ3v) is 3.80. The number of nitrogens with one attached hydrogen (secondary N) is 2. The van der Waals surface area contributed by atoms with Gasteiger partial charge in [0.05, 0.1) is 18.4 Å². The highest BCUT2D eigenvalue weighted by Gasteiger charge is 2.30. The van der Waals surface area contributed by atoms with E-state index in [2.05, 4.69) is 10.6 Å². The van der Waals surface area contributed by atoms with Crippen molar-refractivity contribution in [3.05, 3.63) is 59.2 Å². The molecule has 134 valence electrons. The summed E-state index contributed by atoms with van der Waals surface area (Å²) in [4.78, 5) is 0. The highest BCUT2D eigenvalue weighted by Crippen LogP contribution is 2.29. The number of alkyl halides is 3. The van der Waals surface area contributed by atoms with Gasteiger partial charge in [0.1, 0.15) is 5.75 Å². The van der Waals surface area contributed by atoms with E-state index in [1.54, 1.807) is 13.2 Å². The predicted molar refractivity (Wildman–Crippen MR) is 97.1 cm³/mol. The molecule has 0 radical (unpaired) electrons. The van der Waals surface area contributed by atoms with Gasteiger partial charge < -0.3 is 15.4 Å². The van der Waals surface area contributed by atoms with E-state index in [0.717, 1.165) is 23.4 Å². The van der Waals surface area contributed by atoms with Crippen LogP contribution in [0.25, 0.3) is 0 Å². The van der Waals surface area contributed by atoms with Gasteiger partial charge in [0.2, 0.25) is 0 Å². The van der Waals surface area contributed by atoms with Crippen LogP contribution in [0.4, 0.5) is 18.9 Å². The van der Waals surface area contributed by atoms with Crippen molar-refractivity contribution in [3.63, 3.8) is 0 Å². The molecule has 7 heteroatoms. The summed E-state index contributed by atoms with van der Waals surface area (Å²) in [5.41, 5.74) is 1.74. The molecule has 3 nitrogen and oxygen atoms in total. The van der Waals surface area contributed by atoms with E-state index in [9.17, 15) is 13.2 Å². The van der Waals surface area contributed by atoms with Crippen LogP contribution < -0.4 is 15.4 Å². The largest absolute Gasteiger partial charge is 0.495 e. The molecule has 2 aromatic carbocycles. The zero-order valence-corrected chi connectivity index (χ0v) is 14.7.